The van der Waals surface area contributed by atoms with E-state index in [1.807, 2.05) is 0 Å². The van der Waals surface area contributed by atoms with Crippen LogP contribution in [0.5, 0.6) is 0 Å². The number of carbonyl (C=O) groups excluding carboxylic acids is 9. The molecule has 1 rings (SSSR count). The quantitative estimate of drug-likeness (QED) is 0.0544. The van der Waals surface area contributed by atoms with E-state index in [9.17, 15) is 53.6 Å². The second-order valence-corrected chi connectivity index (χ2v) is 10.7. The lowest BCUT2D eigenvalue weighted by Gasteiger charge is -2.26. The molecule has 0 bridgehead atoms. The Morgan fingerprint density at radius 2 is 1.02 bits per heavy atom. The molecule has 1 saturated heterocycles. The number of hydroxylamine groups is 4. The smallest absolute Gasteiger partial charge is 0.243 e. The molecule has 0 aliphatic carbocycles. The first kappa shape index (κ1) is 40.2. The average molecular weight is 672 g/mol. The van der Waals surface area contributed by atoms with Crippen molar-refractivity contribution in [3.05, 3.63) is 0 Å². The Bertz CT molecular complexity index is 1170. The fourth-order valence-electron chi connectivity index (χ4n) is 4.15. The molecule has 1 aliphatic heterocycles. The van der Waals surface area contributed by atoms with Gasteiger partial charge in [-0.3, -0.25) is 53.6 Å². The Labute approximate surface area is 271 Å². The van der Waals surface area contributed by atoms with E-state index in [4.69, 9.17) is 0 Å². The van der Waals surface area contributed by atoms with Crippen LogP contribution in [0.1, 0.15) is 59.3 Å². The van der Waals surface area contributed by atoms with Crippen molar-refractivity contribution in [1.82, 2.24) is 47.3 Å². The molecule has 1 fully saturated rings. The van der Waals surface area contributed by atoms with Crippen LogP contribution in [-0.4, -0.2) is 131 Å². The third-order valence-corrected chi connectivity index (χ3v) is 6.73. The van der Waals surface area contributed by atoms with E-state index in [2.05, 4.69) is 37.2 Å². The molecule has 20 heteroatoms. The molecule has 0 aromatic carbocycles. The summed E-state index contributed by atoms with van der Waals surface area (Å²) in [4.78, 5) is 111. The van der Waals surface area contributed by atoms with Crippen LogP contribution in [-0.2, 0) is 43.2 Å². The van der Waals surface area contributed by atoms with Crippen molar-refractivity contribution in [2.75, 3.05) is 39.3 Å². The Kier molecular flexibility index (Phi) is 18.0. The van der Waals surface area contributed by atoms with E-state index in [1.165, 1.54) is 6.92 Å². The minimum Gasteiger partial charge on any atom is -0.356 e. The van der Waals surface area contributed by atoms with Gasteiger partial charge in [0.15, 0.2) is 0 Å². The number of rotatable bonds is 12. The molecule has 1 aliphatic rings. The average Bonchev–Trinajstić information content (AvgIpc) is 3.00. The molecule has 3 atom stereocenters. The molecular formula is C27H45N9O11. The van der Waals surface area contributed by atoms with Crippen LogP contribution >= 0.6 is 0 Å². The van der Waals surface area contributed by atoms with Crippen molar-refractivity contribution < 1.29 is 53.6 Å². The fraction of sp³-hybridized carbons (Fsp3) is 0.667. The number of hydrogen-bond donors (Lipinski definition) is 9. The lowest BCUT2D eigenvalue weighted by atomic mass is 10.1. The van der Waals surface area contributed by atoms with E-state index in [0.29, 0.717) is 10.1 Å². The van der Waals surface area contributed by atoms with E-state index >= 15 is 0 Å². The predicted octanol–water partition coefficient (Wildman–Crippen LogP) is -4.24. The largest absolute Gasteiger partial charge is 0.356 e. The van der Waals surface area contributed by atoms with Crippen molar-refractivity contribution in [3.63, 3.8) is 0 Å². The molecule has 0 radical (unpaired) electrons. The third kappa shape index (κ3) is 16.9. The van der Waals surface area contributed by atoms with Gasteiger partial charge in [-0.1, -0.05) is 0 Å². The molecule has 0 unspecified atom stereocenters. The van der Waals surface area contributed by atoms with Crippen molar-refractivity contribution in [2.45, 2.75) is 77.4 Å². The molecule has 20 nitrogen and oxygen atoms in total. The first-order valence-electron chi connectivity index (χ1n) is 15.0. The number of amides is 9. The van der Waals surface area contributed by atoms with Crippen LogP contribution in [0.2, 0.25) is 0 Å². The zero-order chi connectivity index (χ0) is 35.5. The highest BCUT2D eigenvalue weighted by molar-refractivity contribution is 5.96. The van der Waals surface area contributed by atoms with E-state index in [0.717, 1.165) is 13.8 Å². The van der Waals surface area contributed by atoms with Gasteiger partial charge < -0.3 is 37.2 Å². The second kappa shape index (κ2) is 21.0. The zero-order valence-electron chi connectivity index (χ0n) is 26.7. The topological polar surface area (TPSA) is 285 Å². The minimum absolute atomic E-state index is 0.00376. The number of carbonyl (C=O) groups is 9. The molecule has 0 aromatic heterocycles. The number of nitrogens with zero attached hydrogens (tertiary/aromatic N) is 2. The summed E-state index contributed by atoms with van der Waals surface area (Å²) >= 11 is 0. The predicted molar refractivity (Wildman–Crippen MR) is 160 cm³/mol. The normalized spacial score (nSPS) is 20.1. The summed E-state index contributed by atoms with van der Waals surface area (Å²) in [6, 6.07) is -3.92. The molecule has 1 heterocycles. The number of nitrogens with one attached hydrogen (secondary N) is 7. The fourth-order valence-corrected chi connectivity index (χ4v) is 4.15. The standard InChI is InChI=1S/C27H45N9O11/c1-16(37)28-10-4-7-20-26(44)34-21(9-6-12-36(47)18(3)39)27(45)33-19(8-5-11-35(46)17(2)38)25(43)31-14-23(41)29-13-22(40)30-15-24(42)32-20/h19-21,46-47H,4-15H2,1-3H3,(H,28,37)(H,29,41)(H,30,40)(H,31,43)(H,32,42)(H,33,45)(H,34,44)/t19-,20-,21-/m1/s1. The summed E-state index contributed by atoms with van der Waals surface area (Å²) in [5.74, 6) is -6.39. The van der Waals surface area contributed by atoms with Gasteiger partial charge in [0.1, 0.15) is 18.1 Å². The first-order valence-corrected chi connectivity index (χ1v) is 15.0. The Balaban J connectivity index is 3.33. The maximum absolute atomic E-state index is 13.5. The molecule has 264 valence electrons. The zero-order valence-corrected chi connectivity index (χ0v) is 26.7. The van der Waals surface area contributed by atoms with Crippen LogP contribution in [0.4, 0.5) is 0 Å². The third-order valence-electron chi connectivity index (χ3n) is 6.73. The molecular weight excluding hydrogens is 626 g/mol. The van der Waals surface area contributed by atoms with Crippen LogP contribution in [0.3, 0.4) is 0 Å². The monoisotopic (exact) mass is 671 g/mol. The highest BCUT2D eigenvalue weighted by Gasteiger charge is 2.30. The van der Waals surface area contributed by atoms with Crippen LogP contribution in [0, 0.1) is 0 Å². The van der Waals surface area contributed by atoms with Gasteiger partial charge >= 0.3 is 0 Å². The van der Waals surface area contributed by atoms with E-state index in [-0.39, 0.29) is 64.1 Å². The van der Waals surface area contributed by atoms with Crippen molar-refractivity contribution in [2.24, 2.45) is 0 Å². The van der Waals surface area contributed by atoms with Gasteiger partial charge in [0.2, 0.25) is 53.2 Å². The minimum atomic E-state index is -1.36. The summed E-state index contributed by atoms with van der Waals surface area (Å²) in [6.45, 7) is 1.63. The summed E-state index contributed by atoms with van der Waals surface area (Å²) in [5, 5.41) is 37.2. The highest BCUT2D eigenvalue weighted by Crippen LogP contribution is 2.07. The van der Waals surface area contributed by atoms with Crippen molar-refractivity contribution in [1.29, 1.82) is 0 Å². The summed E-state index contributed by atoms with van der Waals surface area (Å²) in [6.07, 6.45) is 0.00611. The summed E-state index contributed by atoms with van der Waals surface area (Å²) in [5.41, 5.74) is 0. The molecule has 0 saturated carbocycles. The van der Waals surface area contributed by atoms with Gasteiger partial charge in [0, 0.05) is 40.4 Å². The summed E-state index contributed by atoms with van der Waals surface area (Å²) < 4.78 is 0. The van der Waals surface area contributed by atoms with Crippen molar-refractivity contribution >= 4 is 53.2 Å². The lowest BCUT2D eigenvalue weighted by molar-refractivity contribution is -0.163. The van der Waals surface area contributed by atoms with E-state index in [1.54, 1.807) is 0 Å². The van der Waals surface area contributed by atoms with Gasteiger partial charge in [-0.15, -0.1) is 0 Å². The van der Waals surface area contributed by atoms with Crippen LogP contribution in [0.25, 0.3) is 0 Å². The number of hydrogen-bond acceptors (Lipinski definition) is 11. The van der Waals surface area contributed by atoms with Crippen molar-refractivity contribution in [3.8, 4) is 0 Å². The maximum atomic E-state index is 13.5. The SMILES string of the molecule is CC(=O)NCCC[C@H]1NC(=O)CNC(=O)CNC(=O)CNC(=O)[C@@H](CCCN(O)C(C)=O)NC(=O)[C@@H](CCCN(O)C(C)=O)NC1=O. The molecule has 47 heavy (non-hydrogen) atoms. The van der Waals surface area contributed by atoms with Gasteiger partial charge in [-0.2, -0.15) is 0 Å². The van der Waals surface area contributed by atoms with Gasteiger partial charge in [0.25, 0.3) is 0 Å². The summed E-state index contributed by atoms with van der Waals surface area (Å²) in [7, 11) is 0. The Morgan fingerprint density at radius 3 is 1.49 bits per heavy atom. The van der Waals surface area contributed by atoms with E-state index < -0.39 is 85.0 Å². The van der Waals surface area contributed by atoms with Crippen LogP contribution < -0.4 is 37.2 Å². The van der Waals surface area contributed by atoms with Gasteiger partial charge in [-0.25, -0.2) is 10.1 Å². The maximum Gasteiger partial charge on any atom is 0.243 e. The van der Waals surface area contributed by atoms with Crippen LogP contribution in [0.15, 0.2) is 0 Å². The Morgan fingerprint density at radius 1 is 0.617 bits per heavy atom. The molecule has 0 aromatic rings. The highest BCUT2D eigenvalue weighted by atomic mass is 16.5. The first-order chi connectivity index (χ1) is 22.1. The second-order valence-electron chi connectivity index (χ2n) is 10.7. The van der Waals surface area contributed by atoms with Gasteiger partial charge in [-0.05, 0) is 38.5 Å². The lowest BCUT2D eigenvalue weighted by Crippen LogP contribution is -2.58. The Hall–Kier alpha value is -4.85. The molecule has 0 spiro atoms. The molecule has 9 N–H and O–H groups in total. The van der Waals surface area contributed by atoms with Gasteiger partial charge in [0.05, 0.1) is 19.6 Å². The molecule has 9 amide bonds.